The van der Waals surface area contributed by atoms with E-state index in [0.29, 0.717) is 21.7 Å². The highest BCUT2D eigenvalue weighted by molar-refractivity contribution is 6.33. The summed E-state index contributed by atoms with van der Waals surface area (Å²) in [6, 6.07) is 5.31. The molecule has 0 amide bonds. The maximum atomic E-state index is 6.10. The Morgan fingerprint density at radius 2 is 2.00 bits per heavy atom. The molecule has 0 saturated carbocycles. The predicted molar refractivity (Wildman–Crippen MR) is 78.2 cm³/mol. The molecule has 0 atom stereocenters. The van der Waals surface area contributed by atoms with Crippen LogP contribution in [0.5, 0.6) is 5.88 Å². The Kier molecular flexibility index (Phi) is 3.41. The fourth-order valence-corrected chi connectivity index (χ4v) is 2.33. The highest BCUT2D eigenvalue weighted by atomic mass is 35.5. The van der Waals surface area contributed by atoms with Crippen LogP contribution in [0.4, 0.5) is 0 Å². The van der Waals surface area contributed by atoms with Gasteiger partial charge in [-0.05, 0) is 29.8 Å². The number of aromatic nitrogens is 4. The molecule has 0 fully saturated rings. The number of fused-ring (bicyclic) bond motifs is 1. The molecule has 102 valence electrons. The van der Waals surface area contributed by atoms with Crippen LogP contribution in [0.15, 0.2) is 24.4 Å². The van der Waals surface area contributed by atoms with Crippen LogP contribution in [0, 0.1) is 0 Å². The average Bonchev–Trinajstić information content (AvgIpc) is 2.79. The van der Waals surface area contributed by atoms with E-state index < -0.39 is 0 Å². The van der Waals surface area contributed by atoms with E-state index in [-0.39, 0.29) is 5.28 Å². The predicted octanol–water partition coefficient (Wildman–Crippen LogP) is 3.78. The standard InChI is InChI=1S/C12H7Cl3N4O/c1-20-11-7-4-6(13)2-3-9(7)19(18-11)10-8(14)5-16-12(15)17-10/h2-5H,1H3. The van der Waals surface area contributed by atoms with E-state index in [9.17, 15) is 0 Å². The molecule has 0 saturated heterocycles. The summed E-state index contributed by atoms with van der Waals surface area (Å²) >= 11 is 17.9. The first kappa shape index (κ1) is 13.4. The number of hydrogen-bond acceptors (Lipinski definition) is 4. The van der Waals surface area contributed by atoms with E-state index >= 15 is 0 Å². The Balaban J connectivity index is 2.34. The lowest BCUT2D eigenvalue weighted by Gasteiger charge is -2.04. The normalized spacial score (nSPS) is 11.0. The molecule has 0 N–H and O–H groups in total. The van der Waals surface area contributed by atoms with Crippen molar-refractivity contribution in [3.8, 4) is 11.7 Å². The van der Waals surface area contributed by atoms with Crippen molar-refractivity contribution in [2.45, 2.75) is 0 Å². The van der Waals surface area contributed by atoms with Gasteiger partial charge in [-0.15, -0.1) is 5.10 Å². The first-order chi connectivity index (χ1) is 9.60. The molecule has 0 bridgehead atoms. The third-order valence-corrected chi connectivity index (χ3v) is 3.38. The lowest BCUT2D eigenvalue weighted by atomic mass is 10.2. The minimum atomic E-state index is 0.0842. The molecule has 1 aromatic carbocycles. The Labute approximate surface area is 129 Å². The van der Waals surface area contributed by atoms with E-state index in [4.69, 9.17) is 39.5 Å². The minimum absolute atomic E-state index is 0.0842. The Hall–Kier alpha value is -1.56. The molecule has 8 heteroatoms. The van der Waals surface area contributed by atoms with E-state index in [1.54, 1.807) is 22.9 Å². The lowest BCUT2D eigenvalue weighted by molar-refractivity contribution is 0.398. The second-order valence-electron chi connectivity index (χ2n) is 3.89. The molecule has 3 aromatic rings. The van der Waals surface area contributed by atoms with Crippen LogP contribution in [-0.2, 0) is 0 Å². The summed E-state index contributed by atoms with van der Waals surface area (Å²) in [5, 5.41) is 6.08. The smallest absolute Gasteiger partial charge is 0.241 e. The van der Waals surface area contributed by atoms with Crippen molar-refractivity contribution < 1.29 is 4.74 Å². The van der Waals surface area contributed by atoms with Crippen molar-refractivity contribution in [3.63, 3.8) is 0 Å². The summed E-state index contributed by atoms with van der Waals surface area (Å²) in [7, 11) is 1.53. The molecule has 0 aliphatic heterocycles. The van der Waals surface area contributed by atoms with Crippen LogP contribution in [0.1, 0.15) is 0 Å². The van der Waals surface area contributed by atoms with Gasteiger partial charge in [-0.2, -0.15) is 4.98 Å². The molecule has 0 aliphatic carbocycles. The molecule has 2 aromatic heterocycles. The third-order valence-electron chi connectivity index (χ3n) is 2.70. The van der Waals surface area contributed by atoms with Gasteiger partial charge in [0.1, 0.15) is 5.02 Å². The van der Waals surface area contributed by atoms with Crippen molar-refractivity contribution in [2.75, 3.05) is 7.11 Å². The van der Waals surface area contributed by atoms with Crippen LogP contribution in [0.25, 0.3) is 16.7 Å². The number of rotatable bonds is 2. The summed E-state index contributed by atoms with van der Waals surface area (Å²) in [6.07, 6.45) is 1.42. The molecule has 0 unspecified atom stereocenters. The van der Waals surface area contributed by atoms with Gasteiger partial charge in [0.25, 0.3) is 0 Å². The Morgan fingerprint density at radius 1 is 1.20 bits per heavy atom. The largest absolute Gasteiger partial charge is 0.479 e. The van der Waals surface area contributed by atoms with Gasteiger partial charge < -0.3 is 4.74 Å². The minimum Gasteiger partial charge on any atom is -0.479 e. The number of methoxy groups -OCH3 is 1. The van der Waals surface area contributed by atoms with Crippen LogP contribution in [-0.4, -0.2) is 26.9 Å². The summed E-state index contributed by atoms with van der Waals surface area (Å²) in [6.45, 7) is 0. The second kappa shape index (κ2) is 5.09. The van der Waals surface area contributed by atoms with E-state index in [0.717, 1.165) is 10.9 Å². The first-order valence-corrected chi connectivity index (χ1v) is 6.64. The van der Waals surface area contributed by atoms with Crippen molar-refractivity contribution in [3.05, 3.63) is 39.7 Å². The van der Waals surface area contributed by atoms with Crippen LogP contribution < -0.4 is 4.74 Å². The quantitative estimate of drug-likeness (QED) is 0.671. The summed E-state index contributed by atoms with van der Waals surface area (Å²) in [5.74, 6) is 0.801. The molecule has 3 rings (SSSR count). The Bertz CT molecular complexity index is 803. The van der Waals surface area contributed by atoms with Gasteiger partial charge in [-0.25, -0.2) is 9.67 Å². The molecule has 5 nitrogen and oxygen atoms in total. The van der Waals surface area contributed by atoms with Gasteiger partial charge in [0.05, 0.1) is 24.2 Å². The third kappa shape index (κ3) is 2.18. The SMILES string of the molecule is COc1nn(-c2nc(Cl)ncc2Cl)c2ccc(Cl)cc12. The van der Waals surface area contributed by atoms with Crippen LogP contribution in [0.3, 0.4) is 0 Å². The van der Waals surface area contributed by atoms with Crippen LogP contribution in [0.2, 0.25) is 15.3 Å². The van der Waals surface area contributed by atoms with Crippen molar-refractivity contribution in [1.82, 2.24) is 19.7 Å². The van der Waals surface area contributed by atoms with Gasteiger partial charge in [-0.1, -0.05) is 23.2 Å². The number of benzene rings is 1. The molecule has 2 heterocycles. The van der Waals surface area contributed by atoms with Gasteiger partial charge >= 0.3 is 0 Å². The zero-order chi connectivity index (χ0) is 14.3. The topological polar surface area (TPSA) is 52.8 Å². The monoisotopic (exact) mass is 328 g/mol. The lowest BCUT2D eigenvalue weighted by Crippen LogP contribution is -2.02. The number of ether oxygens (including phenoxy) is 1. The second-order valence-corrected chi connectivity index (χ2v) is 5.07. The summed E-state index contributed by atoms with van der Waals surface area (Å²) < 4.78 is 6.79. The maximum absolute atomic E-state index is 6.10. The molecular weight excluding hydrogens is 323 g/mol. The highest BCUT2D eigenvalue weighted by Crippen LogP contribution is 2.31. The molecule has 20 heavy (non-hydrogen) atoms. The first-order valence-electron chi connectivity index (χ1n) is 5.51. The van der Waals surface area contributed by atoms with Crippen molar-refractivity contribution >= 4 is 45.7 Å². The summed E-state index contributed by atoms with van der Waals surface area (Å²) in [4.78, 5) is 7.91. The van der Waals surface area contributed by atoms with E-state index in [2.05, 4.69) is 15.1 Å². The number of hydrogen-bond donors (Lipinski definition) is 0. The zero-order valence-electron chi connectivity index (χ0n) is 10.1. The summed E-state index contributed by atoms with van der Waals surface area (Å²) in [5.41, 5.74) is 0.753. The fraction of sp³-hybridized carbons (Fsp3) is 0.0833. The maximum Gasteiger partial charge on any atom is 0.241 e. The molecule has 0 radical (unpaired) electrons. The molecule has 0 spiro atoms. The fourth-order valence-electron chi connectivity index (χ4n) is 1.86. The molecular formula is C12H7Cl3N4O. The number of halogens is 3. The van der Waals surface area contributed by atoms with Gasteiger partial charge in [0.2, 0.25) is 11.2 Å². The van der Waals surface area contributed by atoms with E-state index in [1.807, 2.05) is 0 Å². The Morgan fingerprint density at radius 3 is 2.75 bits per heavy atom. The van der Waals surface area contributed by atoms with E-state index in [1.165, 1.54) is 13.3 Å². The van der Waals surface area contributed by atoms with Gasteiger partial charge in [-0.3, -0.25) is 0 Å². The van der Waals surface area contributed by atoms with Gasteiger partial charge in [0, 0.05) is 5.02 Å². The highest BCUT2D eigenvalue weighted by Gasteiger charge is 2.16. The average molecular weight is 330 g/mol. The van der Waals surface area contributed by atoms with Gasteiger partial charge in [0.15, 0.2) is 5.82 Å². The van der Waals surface area contributed by atoms with Crippen LogP contribution >= 0.6 is 34.8 Å². The van der Waals surface area contributed by atoms with Crippen molar-refractivity contribution in [2.24, 2.45) is 0 Å². The molecule has 0 aliphatic rings. The number of nitrogens with zero attached hydrogens (tertiary/aromatic N) is 4. The van der Waals surface area contributed by atoms with Crippen molar-refractivity contribution in [1.29, 1.82) is 0 Å². The zero-order valence-corrected chi connectivity index (χ0v) is 12.4.